The third kappa shape index (κ3) is 3.82. The van der Waals surface area contributed by atoms with E-state index in [0.717, 1.165) is 18.5 Å². The molecule has 4 heterocycles. The number of carbonyl (C=O) groups excluding carboxylic acids is 2. The average molecular weight is 368 g/mol. The smallest absolute Gasteiger partial charge is 0.246 e. The molecule has 25 heavy (non-hydrogen) atoms. The molecular weight excluding hydrogens is 342 g/mol. The molecule has 7 nitrogen and oxygen atoms in total. The Bertz CT molecular complexity index is 637. The molecule has 1 N–H and O–H groups in total. The van der Waals surface area contributed by atoms with Gasteiger partial charge in [0, 0.05) is 44.8 Å². The van der Waals surface area contributed by atoms with Gasteiger partial charge in [-0.05, 0) is 31.6 Å². The lowest BCUT2D eigenvalue weighted by molar-refractivity contribution is -0.137. The molecule has 138 valence electrons. The highest BCUT2D eigenvalue weighted by molar-refractivity contribution is 5.97. The number of aryl methyl sites for hydroxylation is 1. The first kappa shape index (κ1) is 18.2. The number of hydrogen-bond acceptors (Lipinski definition) is 4. The molecule has 2 atom stereocenters. The molecule has 0 saturated carbocycles. The fraction of sp³-hybridized carbons (Fsp3) is 0.706. The average Bonchev–Trinajstić information content (AvgIpc) is 3.12. The minimum atomic E-state index is -0.0204. The quantitative estimate of drug-likeness (QED) is 0.863. The summed E-state index contributed by atoms with van der Waals surface area (Å²) in [5.41, 5.74) is 0.810. The van der Waals surface area contributed by atoms with E-state index in [1.807, 2.05) is 13.2 Å². The first-order valence-electron chi connectivity index (χ1n) is 8.91. The van der Waals surface area contributed by atoms with Crippen LogP contribution in [0, 0.1) is 5.92 Å². The Morgan fingerprint density at radius 3 is 2.60 bits per heavy atom. The molecule has 1 aromatic rings. The van der Waals surface area contributed by atoms with Crippen LogP contribution in [0.4, 0.5) is 5.69 Å². The second-order valence-corrected chi connectivity index (χ2v) is 7.41. The van der Waals surface area contributed by atoms with Crippen LogP contribution >= 0.6 is 12.4 Å². The predicted molar refractivity (Wildman–Crippen MR) is 96.7 cm³/mol. The molecule has 3 aliphatic rings. The van der Waals surface area contributed by atoms with Crippen molar-refractivity contribution in [2.45, 2.75) is 44.2 Å². The lowest BCUT2D eigenvalue weighted by Crippen LogP contribution is -2.53. The zero-order chi connectivity index (χ0) is 16.7. The van der Waals surface area contributed by atoms with E-state index in [9.17, 15) is 9.59 Å². The number of nitrogens with one attached hydrogen (secondary N) is 1. The molecule has 2 amide bonds. The zero-order valence-electron chi connectivity index (χ0n) is 14.6. The number of fused-ring (bicyclic) bond motifs is 2. The van der Waals surface area contributed by atoms with Gasteiger partial charge in [-0.3, -0.25) is 14.3 Å². The van der Waals surface area contributed by atoms with Crippen molar-refractivity contribution in [2.75, 3.05) is 24.5 Å². The van der Waals surface area contributed by atoms with Crippen LogP contribution < -0.4 is 10.2 Å². The van der Waals surface area contributed by atoms with E-state index in [4.69, 9.17) is 0 Å². The van der Waals surface area contributed by atoms with Gasteiger partial charge in [-0.15, -0.1) is 12.4 Å². The number of piperazine rings is 1. The number of anilines is 1. The van der Waals surface area contributed by atoms with E-state index in [1.165, 1.54) is 12.8 Å². The molecule has 4 rings (SSSR count). The molecule has 2 unspecified atom stereocenters. The topological polar surface area (TPSA) is 70.5 Å². The van der Waals surface area contributed by atoms with Crippen LogP contribution in [-0.4, -0.2) is 58.2 Å². The molecule has 0 spiro atoms. The number of piperidine rings is 1. The van der Waals surface area contributed by atoms with E-state index in [-0.39, 0.29) is 30.8 Å². The zero-order valence-corrected chi connectivity index (χ0v) is 15.4. The summed E-state index contributed by atoms with van der Waals surface area (Å²) in [6, 6.07) is 1.20. The van der Waals surface area contributed by atoms with Gasteiger partial charge >= 0.3 is 0 Å². The van der Waals surface area contributed by atoms with Gasteiger partial charge in [0.05, 0.1) is 11.9 Å². The normalized spacial score (nSPS) is 28.8. The molecule has 3 aliphatic heterocycles. The van der Waals surface area contributed by atoms with Crippen LogP contribution in [-0.2, 0) is 16.6 Å². The minimum absolute atomic E-state index is 0. The highest BCUT2D eigenvalue weighted by atomic mass is 35.5. The maximum atomic E-state index is 12.6. The third-order valence-corrected chi connectivity index (χ3v) is 5.61. The minimum Gasteiger partial charge on any atom is -0.332 e. The van der Waals surface area contributed by atoms with E-state index in [0.29, 0.717) is 37.5 Å². The number of amides is 2. The molecule has 8 heteroatoms. The molecule has 0 aromatic carbocycles. The summed E-state index contributed by atoms with van der Waals surface area (Å²) in [6.45, 7) is 1.34. The van der Waals surface area contributed by atoms with Gasteiger partial charge in [0.2, 0.25) is 11.8 Å². The van der Waals surface area contributed by atoms with Gasteiger partial charge in [0.15, 0.2) is 0 Å². The van der Waals surface area contributed by atoms with E-state index >= 15 is 0 Å². The van der Waals surface area contributed by atoms with E-state index < -0.39 is 0 Å². The summed E-state index contributed by atoms with van der Waals surface area (Å²) >= 11 is 0. The second-order valence-electron chi connectivity index (χ2n) is 7.41. The van der Waals surface area contributed by atoms with Crippen LogP contribution in [0.15, 0.2) is 12.4 Å². The molecular formula is C17H26ClN5O2. The van der Waals surface area contributed by atoms with Gasteiger partial charge in [-0.25, -0.2) is 0 Å². The number of hydrogen-bond donors (Lipinski definition) is 1. The summed E-state index contributed by atoms with van der Waals surface area (Å²) in [5.74, 6) is 0.594. The Morgan fingerprint density at radius 1 is 1.28 bits per heavy atom. The van der Waals surface area contributed by atoms with Gasteiger partial charge < -0.3 is 15.1 Å². The first-order valence-corrected chi connectivity index (χ1v) is 8.91. The molecule has 2 bridgehead atoms. The van der Waals surface area contributed by atoms with Crippen molar-refractivity contribution >= 4 is 29.9 Å². The fourth-order valence-corrected chi connectivity index (χ4v) is 4.42. The summed E-state index contributed by atoms with van der Waals surface area (Å²) in [5, 5.41) is 7.73. The van der Waals surface area contributed by atoms with Crippen LogP contribution in [0.1, 0.15) is 32.1 Å². The SMILES string of the molecule is Cl.Cn1cc(N2CCN(C(=O)CC3CC4CCC(C3)N4)CC2=O)cn1. The van der Waals surface area contributed by atoms with E-state index in [2.05, 4.69) is 10.4 Å². The molecule has 0 aliphatic carbocycles. The standard InChI is InChI=1S/C17H25N5O2.ClH/c1-20-10-15(9-18-20)22-5-4-21(11-17(22)24)16(23)8-12-6-13-2-3-14(7-12)19-13;/h9-10,12-14,19H,2-8,11H2,1H3;1H. The molecule has 3 fully saturated rings. The number of aromatic nitrogens is 2. The Morgan fingerprint density at radius 2 is 2.00 bits per heavy atom. The summed E-state index contributed by atoms with van der Waals surface area (Å²) in [7, 11) is 1.83. The maximum Gasteiger partial charge on any atom is 0.246 e. The highest BCUT2D eigenvalue weighted by Gasteiger charge is 2.36. The Labute approximate surface area is 154 Å². The highest BCUT2D eigenvalue weighted by Crippen LogP contribution is 2.33. The second kappa shape index (κ2) is 7.33. The Balaban J connectivity index is 0.00000182. The van der Waals surface area contributed by atoms with Gasteiger partial charge in [-0.1, -0.05) is 0 Å². The number of halogens is 1. The number of rotatable bonds is 3. The number of carbonyl (C=O) groups is 2. The maximum absolute atomic E-state index is 12.6. The van der Waals surface area contributed by atoms with Crippen molar-refractivity contribution in [3.8, 4) is 0 Å². The molecule has 0 radical (unpaired) electrons. The van der Waals surface area contributed by atoms with Crippen molar-refractivity contribution in [2.24, 2.45) is 13.0 Å². The first-order chi connectivity index (χ1) is 11.6. The lowest BCUT2D eigenvalue weighted by Gasteiger charge is -2.35. The molecule has 1 aromatic heterocycles. The Kier molecular flexibility index (Phi) is 5.34. The lowest BCUT2D eigenvalue weighted by atomic mass is 9.89. The van der Waals surface area contributed by atoms with Gasteiger partial charge in [0.1, 0.15) is 6.54 Å². The monoisotopic (exact) mass is 367 g/mol. The van der Waals surface area contributed by atoms with Crippen molar-refractivity contribution in [3.05, 3.63) is 12.4 Å². The van der Waals surface area contributed by atoms with Crippen molar-refractivity contribution < 1.29 is 9.59 Å². The largest absolute Gasteiger partial charge is 0.332 e. The predicted octanol–water partition coefficient (Wildman–Crippen LogP) is 0.938. The van der Waals surface area contributed by atoms with Crippen LogP contribution in [0.3, 0.4) is 0 Å². The van der Waals surface area contributed by atoms with Gasteiger partial charge in [0.25, 0.3) is 0 Å². The van der Waals surface area contributed by atoms with Crippen molar-refractivity contribution in [1.82, 2.24) is 20.0 Å². The number of nitrogens with zero attached hydrogens (tertiary/aromatic N) is 4. The summed E-state index contributed by atoms with van der Waals surface area (Å²) in [4.78, 5) is 28.5. The third-order valence-electron chi connectivity index (χ3n) is 5.61. The summed E-state index contributed by atoms with van der Waals surface area (Å²) in [6.07, 6.45) is 8.82. The van der Waals surface area contributed by atoms with Crippen molar-refractivity contribution in [3.63, 3.8) is 0 Å². The van der Waals surface area contributed by atoms with E-state index in [1.54, 1.807) is 20.7 Å². The van der Waals surface area contributed by atoms with Crippen molar-refractivity contribution in [1.29, 1.82) is 0 Å². The van der Waals surface area contributed by atoms with Crippen LogP contribution in [0.25, 0.3) is 0 Å². The fourth-order valence-electron chi connectivity index (χ4n) is 4.42. The molecule has 3 saturated heterocycles. The van der Waals surface area contributed by atoms with Crippen LogP contribution in [0.2, 0.25) is 0 Å². The Hall–Kier alpha value is -1.60. The van der Waals surface area contributed by atoms with Crippen LogP contribution in [0.5, 0.6) is 0 Å². The van der Waals surface area contributed by atoms with Gasteiger partial charge in [-0.2, -0.15) is 5.10 Å². The summed E-state index contributed by atoms with van der Waals surface area (Å²) < 4.78 is 1.69.